The molecule has 0 aromatic carbocycles. The number of carbonyl (C=O) groups excluding carboxylic acids is 1. The van der Waals surface area contributed by atoms with Gasteiger partial charge in [-0.3, -0.25) is 9.78 Å². The number of carbonyl (C=O) groups is 1. The third-order valence-electron chi connectivity index (χ3n) is 3.29. The van der Waals surface area contributed by atoms with Crippen molar-refractivity contribution < 1.29 is 4.79 Å². The maximum absolute atomic E-state index is 12.0. The van der Waals surface area contributed by atoms with Crippen molar-refractivity contribution in [1.29, 1.82) is 0 Å². The van der Waals surface area contributed by atoms with Gasteiger partial charge in [0, 0.05) is 24.4 Å². The van der Waals surface area contributed by atoms with E-state index in [0.717, 1.165) is 11.1 Å². The van der Waals surface area contributed by atoms with Gasteiger partial charge in [0.25, 0.3) is 0 Å². The lowest BCUT2D eigenvalue weighted by Crippen LogP contribution is -2.07. The second kappa shape index (κ2) is 4.56. The predicted molar refractivity (Wildman–Crippen MR) is 59.9 cm³/mol. The van der Waals surface area contributed by atoms with Crippen LogP contribution in [0.2, 0.25) is 0 Å². The van der Waals surface area contributed by atoms with Gasteiger partial charge in [0.15, 0.2) is 5.78 Å². The number of nitrogens with zero attached hydrogens (tertiary/aromatic N) is 1. The summed E-state index contributed by atoms with van der Waals surface area (Å²) in [4.78, 5) is 16.0. The van der Waals surface area contributed by atoms with Crippen LogP contribution in [0.3, 0.4) is 0 Å². The molecule has 15 heavy (non-hydrogen) atoms. The molecule has 0 N–H and O–H groups in total. The average Bonchev–Trinajstić information content (AvgIpc) is 2.71. The summed E-state index contributed by atoms with van der Waals surface area (Å²) < 4.78 is 0. The van der Waals surface area contributed by atoms with E-state index in [1.807, 2.05) is 13.0 Å². The van der Waals surface area contributed by atoms with Gasteiger partial charge in [-0.05, 0) is 24.5 Å². The van der Waals surface area contributed by atoms with Gasteiger partial charge in [-0.15, -0.1) is 0 Å². The van der Waals surface area contributed by atoms with Crippen molar-refractivity contribution in [1.82, 2.24) is 4.98 Å². The predicted octanol–water partition coefficient (Wildman–Crippen LogP) is 3.15. The highest BCUT2D eigenvalue weighted by Crippen LogP contribution is 2.28. The Bertz CT molecular complexity index is 353. The molecule has 0 spiro atoms. The molecule has 2 rings (SSSR count). The van der Waals surface area contributed by atoms with Gasteiger partial charge in [0.05, 0.1) is 0 Å². The molecule has 0 atom stereocenters. The third-order valence-corrected chi connectivity index (χ3v) is 3.29. The number of aromatic nitrogens is 1. The van der Waals surface area contributed by atoms with Gasteiger partial charge < -0.3 is 0 Å². The van der Waals surface area contributed by atoms with E-state index >= 15 is 0 Å². The molecule has 0 unspecified atom stereocenters. The molecular weight excluding hydrogens is 186 g/mol. The fourth-order valence-corrected chi connectivity index (χ4v) is 2.34. The molecule has 1 aliphatic rings. The number of hydrogen-bond donors (Lipinski definition) is 0. The summed E-state index contributed by atoms with van der Waals surface area (Å²) in [6.07, 6.45) is 9.20. The van der Waals surface area contributed by atoms with Crippen LogP contribution in [0, 0.1) is 12.8 Å². The van der Waals surface area contributed by atoms with E-state index in [9.17, 15) is 4.79 Å². The summed E-state index contributed by atoms with van der Waals surface area (Å²) in [5.74, 6) is 0.893. The number of aryl methyl sites for hydroxylation is 1. The normalized spacial score (nSPS) is 16.9. The second-order valence-corrected chi connectivity index (χ2v) is 4.47. The molecule has 1 aliphatic carbocycles. The summed E-state index contributed by atoms with van der Waals surface area (Å²) >= 11 is 0. The molecule has 0 radical (unpaired) electrons. The first-order chi connectivity index (χ1) is 7.27. The minimum absolute atomic E-state index is 0.271. The lowest BCUT2D eigenvalue weighted by Gasteiger charge is -2.08. The fraction of sp³-hybridized carbons (Fsp3) is 0.538. The van der Waals surface area contributed by atoms with Crippen LogP contribution in [0.15, 0.2) is 18.5 Å². The van der Waals surface area contributed by atoms with Crippen molar-refractivity contribution in [2.45, 2.75) is 39.0 Å². The number of rotatable bonds is 3. The third kappa shape index (κ3) is 2.44. The first kappa shape index (κ1) is 10.3. The second-order valence-electron chi connectivity index (χ2n) is 4.47. The molecule has 80 valence electrons. The van der Waals surface area contributed by atoms with Crippen molar-refractivity contribution in [2.24, 2.45) is 5.92 Å². The fourth-order valence-electron chi connectivity index (χ4n) is 2.34. The maximum atomic E-state index is 12.0. The SMILES string of the molecule is Cc1ccncc1C(=O)CC1CCCC1. The minimum Gasteiger partial charge on any atom is -0.294 e. The van der Waals surface area contributed by atoms with Crippen LogP contribution in [0.1, 0.15) is 48.0 Å². The van der Waals surface area contributed by atoms with Gasteiger partial charge in [-0.25, -0.2) is 0 Å². The summed E-state index contributed by atoms with van der Waals surface area (Å²) in [5.41, 5.74) is 1.86. The zero-order valence-electron chi connectivity index (χ0n) is 9.20. The largest absolute Gasteiger partial charge is 0.294 e. The van der Waals surface area contributed by atoms with Gasteiger partial charge in [0.1, 0.15) is 0 Å². The van der Waals surface area contributed by atoms with E-state index < -0.39 is 0 Å². The molecule has 2 heteroatoms. The molecule has 1 heterocycles. The highest BCUT2D eigenvalue weighted by Gasteiger charge is 2.19. The zero-order chi connectivity index (χ0) is 10.7. The van der Waals surface area contributed by atoms with E-state index in [4.69, 9.17) is 0 Å². The Morgan fingerprint density at radius 3 is 2.87 bits per heavy atom. The van der Waals surface area contributed by atoms with Crippen LogP contribution in [0.5, 0.6) is 0 Å². The molecule has 2 nitrogen and oxygen atoms in total. The number of hydrogen-bond acceptors (Lipinski definition) is 2. The molecular formula is C13H17NO. The highest BCUT2D eigenvalue weighted by molar-refractivity contribution is 5.97. The van der Waals surface area contributed by atoms with E-state index in [-0.39, 0.29) is 5.78 Å². The molecule has 1 fully saturated rings. The Kier molecular flexibility index (Phi) is 3.14. The average molecular weight is 203 g/mol. The van der Waals surface area contributed by atoms with E-state index in [1.165, 1.54) is 25.7 Å². The zero-order valence-corrected chi connectivity index (χ0v) is 9.20. The quantitative estimate of drug-likeness (QED) is 0.706. The van der Waals surface area contributed by atoms with Crippen molar-refractivity contribution in [3.63, 3.8) is 0 Å². The molecule has 1 saturated carbocycles. The number of pyridine rings is 1. The Balaban J connectivity index is 2.04. The molecule has 0 amide bonds. The smallest absolute Gasteiger partial charge is 0.164 e. The van der Waals surface area contributed by atoms with E-state index in [2.05, 4.69) is 4.98 Å². The van der Waals surface area contributed by atoms with Crippen molar-refractivity contribution in [3.05, 3.63) is 29.6 Å². The van der Waals surface area contributed by atoms with Crippen LogP contribution in [0.4, 0.5) is 0 Å². The maximum Gasteiger partial charge on any atom is 0.164 e. The van der Waals surface area contributed by atoms with Gasteiger partial charge >= 0.3 is 0 Å². The lowest BCUT2D eigenvalue weighted by atomic mass is 9.96. The van der Waals surface area contributed by atoms with Crippen LogP contribution in [0.25, 0.3) is 0 Å². The standard InChI is InChI=1S/C13H17NO/c1-10-6-7-14-9-12(10)13(15)8-11-4-2-3-5-11/h6-7,9,11H,2-5,8H2,1H3. The molecule has 0 aliphatic heterocycles. The summed E-state index contributed by atoms with van der Waals surface area (Å²) in [6.45, 7) is 1.98. The molecule has 0 bridgehead atoms. The van der Waals surface area contributed by atoms with Crippen LogP contribution >= 0.6 is 0 Å². The van der Waals surface area contributed by atoms with E-state index in [0.29, 0.717) is 12.3 Å². The lowest BCUT2D eigenvalue weighted by molar-refractivity contribution is 0.0961. The minimum atomic E-state index is 0.271. The summed E-state index contributed by atoms with van der Waals surface area (Å²) in [6, 6.07) is 1.90. The summed E-state index contributed by atoms with van der Waals surface area (Å²) in [7, 11) is 0. The molecule has 1 aromatic rings. The van der Waals surface area contributed by atoms with Crippen molar-refractivity contribution in [3.8, 4) is 0 Å². The van der Waals surface area contributed by atoms with Crippen molar-refractivity contribution in [2.75, 3.05) is 0 Å². The van der Waals surface area contributed by atoms with Gasteiger partial charge in [-0.1, -0.05) is 25.7 Å². The van der Waals surface area contributed by atoms with Crippen LogP contribution in [-0.2, 0) is 0 Å². The summed E-state index contributed by atoms with van der Waals surface area (Å²) in [5, 5.41) is 0. The Hall–Kier alpha value is -1.18. The monoisotopic (exact) mass is 203 g/mol. The van der Waals surface area contributed by atoms with Gasteiger partial charge in [-0.2, -0.15) is 0 Å². The van der Waals surface area contributed by atoms with Crippen LogP contribution < -0.4 is 0 Å². The first-order valence-electron chi connectivity index (χ1n) is 5.71. The highest BCUT2D eigenvalue weighted by atomic mass is 16.1. The Morgan fingerprint density at radius 1 is 1.47 bits per heavy atom. The van der Waals surface area contributed by atoms with Crippen LogP contribution in [-0.4, -0.2) is 10.8 Å². The molecule has 1 aromatic heterocycles. The van der Waals surface area contributed by atoms with Gasteiger partial charge in [0.2, 0.25) is 0 Å². The van der Waals surface area contributed by atoms with E-state index in [1.54, 1.807) is 12.4 Å². The Morgan fingerprint density at radius 2 is 2.20 bits per heavy atom. The molecule has 0 saturated heterocycles. The topological polar surface area (TPSA) is 30.0 Å². The first-order valence-corrected chi connectivity index (χ1v) is 5.71. The number of Topliss-reactive ketones (excluding diaryl/α,β-unsaturated/α-hetero) is 1. The van der Waals surface area contributed by atoms with Crippen molar-refractivity contribution >= 4 is 5.78 Å². The number of ketones is 1. The Labute approximate surface area is 90.7 Å².